The molecule has 33 heavy (non-hydrogen) atoms. The predicted molar refractivity (Wildman–Crippen MR) is 129 cm³/mol. The summed E-state index contributed by atoms with van der Waals surface area (Å²) in [5.74, 6) is -0.330. The molecule has 0 radical (unpaired) electrons. The minimum Gasteiger partial charge on any atom is -0.352 e. The van der Waals surface area contributed by atoms with Gasteiger partial charge in [0.25, 0.3) is 5.91 Å². The molecule has 1 heterocycles. The number of sulfonamides is 1. The monoisotopic (exact) mass is 471 g/mol. The lowest BCUT2D eigenvalue weighted by Crippen LogP contribution is -2.51. The Kier molecular flexibility index (Phi) is 7.92. The van der Waals surface area contributed by atoms with Crippen LogP contribution in [-0.2, 0) is 26.0 Å². The molecule has 1 N–H and O–H groups in total. The number of piperazine rings is 1. The first kappa shape index (κ1) is 24.9. The number of amides is 2. The summed E-state index contributed by atoms with van der Waals surface area (Å²) in [4.78, 5) is 26.5. The molecule has 2 aromatic carbocycles. The maximum absolute atomic E-state index is 12.7. The van der Waals surface area contributed by atoms with Gasteiger partial charge in [0.1, 0.15) is 0 Å². The van der Waals surface area contributed by atoms with Crippen molar-refractivity contribution in [2.24, 2.45) is 0 Å². The highest BCUT2D eigenvalue weighted by Gasteiger charge is 2.28. The van der Waals surface area contributed by atoms with E-state index in [4.69, 9.17) is 0 Å². The van der Waals surface area contributed by atoms with Crippen molar-refractivity contribution >= 4 is 21.8 Å². The third-order valence-corrected chi connectivity index (χ3v) is 7.66. The number of rotatable bonds is 7. The van der Waals surface area contributed by atoms with Gasteiger partial charge in [0.2, 0.25) is 15.9 Å². The van der Waals surface area contributed by atoms with Gasteiger partial charge in [-0.25, -0.2) is 8.42 Å². The minimum atomic E-state index is -3.42. The molecule has 1 aliphatic rings. The molecular weight excluding hydrogens is 438 g/mol. The van der Waals surface area contributed by atoms with Crippen LogP contribution in [0, 0.1) is 0 Å². The van der Waals surface area contributed by atoms with Gasteiger partial charge in [0.05, 0.1) is 5.75 Å². The molecule has 0 saturated carbocycles. The summed E-state index contributed by atoms with van der Waals surface area (Å²) in [6.45, 7) is 7.88. The van der Waals surface area contributed by atoms with Crippen LogP contribution in [0.25, 0.3) is 0 Å². The van der Waals surface area contributed by atoms with Gasteiger partial charge >= 0.3 is 0 Å². The standard InChI is InChI=1S/C25H33N3O4S/c1-25(2,3)22-11-9-21(10-12-22)24(30)26-14-13-23(29)27-15-17-28(18-16-27)33(31,32)19-20-7-5-4-6-8-20/h4-12H,13-19H2,1-3H3,(H,26,30). The van der Waals surface area contributed by atoms with E-state index in [9.17, 15) is 18.0 Å². The van der Waals surface area contributed by atoms with E-state index in [0.29, 0.717) is 18.7 Å². The Morgan fingerprint density at radius 2 is 1.52 bits per heavy atom. The lowest BCUT2D eigenvalue weighted by Gasteiger charge is -2.34. The summed E-state index contributed by atoms with van der Waals surface area (Å²) in [6, 6.07) is 16.6. The molecule has 1 fully saturated rings. The average Bonchev–Trinajstić information content (AvgIpc) is 2.79. The maximum Gasteiger partial charge on any atom is 0.251 e. The van der Waals surface area contributed by atoms with Gasteiger partial charge < -0.3 is 10.2 Å². The number of carbonyl (C=O) groups is 2. The third kappa shape index (κ3) is 6.88. The maximum atomic E-state index is 12.7. The molecule has 178 valence electrons. The Balaban J connectivity index is 1.42. The molecular formula is C25H33N3O4S. The molecule has 1 aliphatic heterocycles. The first-order chi connectivity index (χ1) is 15.6. The first-order valence-corrected chi connectivity index (χ1v) is 12.9. The number of hydrogen-bond donors (Lipinski definition) is 1. The van der Waals surface area contributed by atoms with Crippen molar-refractivity contribution in [1.82, 2.24) is 14.5 Å². The van der Waals surface area contributed by atoms with Crippen LogP contribution >= 0.6 is 0 Å². The Bertz CT molecular complexity index is 1050. The van der Waals surface area contributed by atoms with Crippen molar-refractivity contribution < 1.29 is 18.0 Å². The SMILES string of the molecule is CC(C)(C)c1ccc(C(=O)NCCC(=O)N2CCN(S(=O)(=O)Cc3ccccc3)CC2)cc1. The molecule has 8 heteroatoms. The summed E-state index contributed by atoms with van der Waals surface area (Å²) in [6.07, 6.45) is 0.183. The highest BCUT2D eigenvalue weighted by atomic mass is 32.2. The number of nitrogens with zero attached hydrogens (tertiary/aromatic N) is 2. The van der Waals surface area contributed by atoms with Crippen LogP contribution in [0.2, 0.25) is 0 Å². The largest absolute Gasteiger partial charge is 0.352 e. The molecule has 0 unspecified atom stereocenters. The first-order valence-electron chi connectivity index (χ1n) is 11.2. The zero-order valence-electron chi connectivity index (χ0n) is 19.6. The third-order valence-electron chi connectivity index (χ3n) is 5.81. The minimum absolute atomic E-state index is 0.0202. The molecule has 1 saturated heterocycles. The molecule has 0 bridgehead atoms. The van der Waals surface area contributed by atoms with Crippen molar-refractivity contribution in [3.05, 3.63) is 71.3 Å². The molecule has 7 nitrogen and oxygen atoms in total. The molecule has 0 spiro atoms. The highest BCUT2D eigenvalue weighted by Crippen LogP contribution is 2.22. The molecule has 0 atom stereocenters. The Hall–Kier alpha value is -2.71. The second kappa shape index (κ2) is 10.5. The van der Waals surface area contributed by atoms with E-state index in [-0.39, 0.29) is 49.0 Å². The van der Waals surface area contributed by atoms with E-state index < -0.39 is 10.0 Å². The molecule has 3 rings (SSSR count). The van der Waals surface area contributed by atoms with Gasteiger partial charge in [-0.15, -0.1) is 0 Å². The van der Waals surface area contributed by atoms with Crippen molar-refractivity contribution in [2.75, 3.05) is 32.7 Å². The number of hydrogen-bond acceptors (Lipinski definition) is 4. The summed E-state index contributed by atoms with van der Waals surface area (Å²) in [5, 5.41) is 2.79. The van der Waals surface area contributed by atoms with E-state index in [1.165, 1.54) is 4.31 Å². The fourth-order valence-corrected chi connectivity index (χ4v) is 5.27. The van der Waals surface area contributed by atoms with E-state index in [1.807, 2.05) is 30.3 Å². The summed E-state index contributed by atoms with van der Waals surface area (Å²) < 4.78 is 26.8. The van der Waals surface area contributed by atoms with Crippen molar-refractivity contribution in [2.45, 2.75) is 38.4 Å². The van der Waals surface area contributed by atoms with Crippen molar-refractivity contribution in [3.8, 4) is 0 Å². The lowest BCUT2D eigenvalue weighted by molar-refractivity contribution is -0.132. The van der Waals surface area contributed by atoms with Crippen LogP contribution < -0.4 is 5.32 Å². The van der Waals surface area contributed by atoms with Gasteiger partial charge in [-0.05, 0) is 28.7 Å². The summed E-state index contributed by atoms with van der Waals surface area (Å²) in [5.41, 5.74) is 2.48. The van der Waals surface area contributed by atoms with E-state index in [2.05, 4.69) is 26.1 Å². The van der Waals surface area contributed by atoms with Gasteiger partial charge in [0, 0.05) is 44.7 Å². The van der Waals surface area contributed by atoms with Crippen LogP contribution in [0.1, 0.15) is 48.7 Å². The average molecular weight is 472 g/mol. The van der Waals surface area contributed by atoms with Crippen LogP contribution in [-0.4, -0.2) is 62.2 Å². The van der Waals surface area contributed by atoms with Crippen LogP contribution in [0.3, 0.4) is 0 Å². The van der Waals surface area contributed by atoms with Gasteiger partial charge in [-0.1, -0.05) is 63.2 Å². The van der Waals surface area contributed by atoms with Crippen molar-refractivity contribution in [1.29, 1.82) is 0 Å². The van der Waals surface area contributed by atoms with Crippen LogP contribution in [0.4, 0.5) is 0 Å². The number of nitrogens with one attached hydrogen (secondary N) is 1. The number of carbonyl (C=O) groups excluding carboxylic acids is 2. The number of benzene rings is 2. The summed E-state index contributed by atoms with van der Waals surface area (Å²) in [7, 11) is -3.42. The quantitative estimate of drug-likeness (QED) is 0.673. The predicted octanol–water partition coefficient (Wildman–Crippen LogP) is 2.78. The van der Waals surface area contributed by atoms with E-state index in [1.54, 1.807) is 29.2 Å². The fourth-order valence-electron chi connectivity index (χ4n) is 3.76. The second-order valence-electron chi connectivity index (χ2n) is 9.35. The molecule has 2 amide bonds. The Morgan fingerprint density at radius 3 is 2.09 bits per heavy atom. The van der Waals surface area contributed by atoms with Gasteiger partial charge in [-0.2, -0.15) is 4.31 Å². The Morgan fingerprint density at radius 1 is 0.909 bits per heavy atom. The lowest BCUT2D eigenvalue weighted by atomic mass is 9.87. The van der Waals surface area contributed by atoms with Crippen molar-refractivity contribution in [3.63, 3.8) is 0 Å². The fraction of sp³-hybridized carbons (Fsp3) is 0.440. The molecule has 2 aromatic rings. The topological polar surface area (TPSA) is 86.8 Å². The smallest absolute Gasteiger partial charge is 0.251 e. The zero-order valence-corrected chi connectivity index (χ0v) is 20.4. The van der Waals surface area contributed by atoms with Crippen LogP contribution in [0.5, 0.6) is 0 Å². The van der Waals surface area contributed by atoms with E-state index in [0.717, 1.165) is 11.1 Å². The van der Waals surface area contributed by atoms with E-state index >= 15 is 0 Å². The van der Waals surface area contributed by atoms with Gasteiger partial charge in [-0.3, -0.25) is 9.59 Å². The highest BCUT2D eigenvalue weighted by molar-refractivity contribution is 7.88. The molecule has 0 aromatic heterocycles. The molecule has 0 aliphatic carbocycles. The van der Waals surface area contributed by atoms with Gasteiger partial charge in [0.15, 0.2) is 0 Å². The zero-order chi connectivity index (χ0) is 24.1. The van der Waals surface area contributed by atoms with Crippen LogP contribution in [0.15, 0.2) is 54.6 Å². The Labute approximate surface area is 196 Å². The normalized spacial score (nSPS) is 15.3. The summed E-state index contributed by atoms with van der Waals surface area (Å²) >= 11 is 0. The second-order valence-corrected chi connectivity index (χ2v) is 11.3.